The minimum absolute atomic E-state index is 0.0853. The Balaban J connectivity index is 1.58. The van der Waals surface area contributed by atoms with Crippen LogP contribution in [0, 0.1) is 13.8 Å². The van der Waals surface area contributed by atoms with E-state index in [0.717, 1.165) is 43.2 Å². The summed E-state index contributed by atoms with van der Waals surface area (Å²) in [5.74, 6) is 2.66. The lowest BCUT2D eigenvalue weighted by Crippen LogP contribution is -2.13. The topological polar surface area (TPSA) is 68.1 Å². The number of halogens is 1. The molecule has 2 aromatic carbocycles. The zero-order valence-corrected chi connectivity index (χ0v) is 20.7. The maximum atomic E-state index is 9.86. The molecule has 0 amide bonds. The fourth-order valence-electron chi connectivity index (χ4n) is 3.78. The molecular formula is C26H22BrN3O2S. The molecule has 0 radical (unpaired) electrons. The van der Waals surface area contributed by atoms with Gasteiger partial charge in [-0.15, -0.1) is 11.8 Å². The van der Waals surface area contributed by atoms with E-state index in [1.807, 2.05) is 31.2 Å². The predicted molar refractivity (Wildman–Crippen MR) is 134 cm³/mol. The van der Waals surface area contributed by atoms with Gasteiger partial charge in [0.15, 0.2) is 11.6 Å². The van der Waals surface area contributed by atoms with Crippen LogP contribution < -0.4 is 4.74 Å². The third kappa shape index (κ3) is 4.53. The molecule has 0 saturated carbocycles. The standard InChI is InChI=1S/C26H22BrN3O2S/c1-15-3-7-18(8-4-15)24-29-25-22(11-21-19(13-31)12-28-16(2)23(21)32-25)26(30-24)33-14-17-5-9-20(27)10-6-17/h3-10,12,31H,11,13-14H2,1-2H3. The van der Waals surface area contributed by atoms with Crippen LogP contribution in [-0.4, -0.2) is 20.1 Å². The van der Waals surface area contributed by atoms with Crippen LogP contribution in [-0.2, 0) is 18.8 Å². The van der Waals surface area contributed by atoms with Crippen molar-refractivity contribution in [2.45, 2.75) is 37.7 Å². The van der Waals surface area contributed by atoms with Gasteiger partial charge in [-0.25, -0.2) is 4.98 Å². The summed E-state index contributed by atoms with van der Waals surface area (Å²) in [6, 6.07) is 16.5. The average molecular weight is 520 g/mol. The molecule has 0 fully saturated rings. The number of hydrogen-bond donors (Lipinski definition) is 1. The largest absolute Gasteiger partial charge is 0.436 e. The number of benzene rings is 2. The Morgan fingerprint density at radius 3 is 2.48 bits per heavy atom. The summed E-state index contributed by atoms with van der Waals surface area (Å²) >= 11 is 5.17. The van der Waals surface area contributed by atoms with Crippen LogP contribution in [0.3, 0.4) is 0 Å². The minimum Gasteiger partial charge on any atom is -0.436 e. The van der Waals surface area contributed by atoms with E-state index in [9.17, 15) is 5.11 Å². The van der Waals surface area contributed by atoms with E-state index in [-0.39, 0.29) is 6.61 Å². The number of rotatable bonds is 5. The van der Waals surface area contributed by atoms with Crippen molar-refractivity contribution >= 4 is 27.7 Å². The fourth-order valence-corrected chi connectivity index (χ4v) is 5.02. The van der Waals surface area contributed by atoms with E-state index >= 15 is 0 Å². The van der Waals surface area contributed by atoms with Crippen LogP contribution in [0.2, 0.25) is 0 Å². The van der Waals surface area contributed by atoms with Gasteiger partial charge in [-0.2, -0.15) is 4.98 Å². The van der Waals surface area contributed by atoms with Gasteiger partial charge < -0.3 is 9.84 Å². The van der Waals surface area contributed by atoms with Crippen LogP contribution in [0.25, 0.3) is 11.4 Å². The molecule has 1 N–H and O–H groups in total. The molecular weight excluding hydrogens is 498 g/mol. The van der Waals surface area contributed by atoms with Gasteiger partial charge in [-0.1, -0.05) is 57.9 Å². The number of aromatic nitrogens is 3. The Kier molecular flexibility index (Phi) is 6.19. The Labute approximate surface area is 205 Å². The van der Waals surface area contributed by atoms with E-state index in [1.165, 1.54) is 11.1 Å². The van der Waals surface area contributed by atoms with Gasteiger partial charge in [-0.05, 0) is 31.5 Å². The molecule has 4 aromatic rings. The summed E-state index contributed by atoms with van der Waals surface area (Å²) in [4.78, 5) is 14.1. The van der Waals surface area contributed by atoms with Gasteiger partial charge in [-0.3, -0.25) is 4.98 Å². The van der Waals surface area contributed by atoms with E-state index < -0.39 is 0 Å². The van der Waals surface area contributed by atoms with Crippen molar-refractivity contribution in [3.63, 3.8) is 0 Å². The highest BCUT2D eigenvalue weighted by molar-refractivity contribution is 9.10. The van der Waals surface area contributed by atoms with Gasteiger partial charge in [0.25, 0.3) is 0 Å². The molecule has 7 heteroatoms. The van der Waals surface area contributed by atoms with Crippen LogP contribution in [0.1, 0.15) is 33.5 Å². The molecule has 5 rings (SSSR count). The number of fused-ring (bicyclic) bond motifs is 2. The molecule has 0 bridgehead atoms. The summed E-state index contributed by atoms with van der Waals surface area (Å²) in [6.07, 6.45) is 2.32. The van der Waals surface area contributed by atoms with Crippen LogP contribution in [0.4, 0.5) is 0 Å². The second-order valence-electron chi connectivity index (χ2n) is 8.03. The van der Waals surface area contributed by atoms with E-state index in [4.69, 9.17) is 14.7 Å². The first-order chi connectivity index (χ1) is 16.0. The van der Waals surface area contributed by atoms with Gasteiger partial charge in [0.05, 0.1) is 17.9 Å². The summed E-state index contributed by atoms with van der Waals surface area (Å²) in [7, 11) is 0. The molecule has 0 atom stereocenters. The normalized spacial score (nSPS) is 12.1. The molecule has 2 aromatic heterocycles. The van der Waals surface area contributed by atoms with Gasteiger partial charge >= 0.3 is 0 Å². The summed E-state index contributed by atoms with van der Waals surface area (Å²) in [5, 5.41) is 10.7. The fraction of sp³-hybridized carbons (Fsp3) is 0.192. The predicted octanol–water partition coefficient (Wildman–Crippen LogP) is 6.40. The average Bonchev–Trinajstić information content (AvgIpc) is 2.83. The monoisotopic (exact) mass is 519 g/mol. The molecule has 33 heavy (non-hydrogen) atoms. The number of thioether (sulfide) groups is 1. The third-order valence-electron chi connectivity index (χ3n) is 5.66. The number of ether oxygens (including phenoxy) is 1. The molecule has 0 spiro atoms. The molecule has 5 nitrogen and oxygen atoms in total. The molecule has 1 aliphatic rings. The van der Waals surface area contributed by atoms with Crippen molar-refractivity contribution in [3.05, 3.63) is 92.7 Å². The van der Waals surface area contributed by atoms with Crippen molar-refractivity contribution in [1.82, 2.24) is 15.0 Å². The van der Waals surface area contributed by atoms with Crippen LogP contribution >= 0.6 is 27.7 Å². The SMILES string of the molecule is Cc1ccc(-c2nc3c(c(SCc4ccc(Br)cc4)n2)Cc2c(CO)cnc(C)c2O3)cc1. The van der Waals surface area contributed by atoms with Gasteiger partial charge in [0, 0.05) is 39.5 Å². The first-order valence-corrected chi connectivity index (χ1v) is 12.4. The summed E-state index contributed by atoms with van der Waals surface area (Å²) < 4.78 is 7.36. The number of hydrogen-bond acceptors (Lipinski definition) is 6. The first-order valence-electron chi connectivity index (χ1n) is 10.6. The Hall–Kier alpha value is -2.74. The Morgan fingerprint density at radius 2 is 1.76 bits per heavy atom. The first kappa shape index (κ1) is 22.1. The van der Waals surface area contributed by atoms with E-state index in [2.05, 4.69) is 52.1 Å². The van der Waals surface area contributed by atoms with E-state index in [0.29, 0.717) is 23.9 Å². The number of pyridine rings is 1. The maximum absolute atomic E-state index is 9.86. The number of aryl methyl sites for hydroxylation is 2. The van der Waals surface area contributed by atoms with Crippen molar-refractivity contribution in [2.75, 3.05) is 0 Å². The summed E-state index contributed by atoms with van der Waals surface area (Å²) in [5.41, 5.74) is 6.79. The second kappa shape index (κ2) is 9.25. The zero-order chi connectivity index (χ0) is 22.9. The van der Waals surface area contributed by atoms with Crippen LogP contribution in [0.15, 0.2) is 64.2 Å². The van der Waals surface area contributed by atoms with E-state index in [1.54, 1.807) is 18.0 Å². The highest BCUT2D eigenvalue weighted by atomic mass is 79.9. The lowest BCUT2D eigenvalue weighted by molar-refractivity contribution is 0.278. The van der Waals surface area contributed by atoms with Crippen molar-refractivity contribution in [3.8, 4) is 23.0 Å². The molecule has 3 heterocycles. The highest BCUT2D eigenvalue weighted by Crippen LogP contribution is 2.43. The highest BCUT2D eigenvalue weighted by Gasteiger charge is 2.27. The third-order valence-corrected chi connectivity index (χ3v) is 7.27. The Morgan fingerprint density at radius 1 is 1.00 bits per heavy atom. The minimum atomic E-state index is -0.0853. The zero-order valence-electron chi connectivity index (χ0n) is 18.3. The molecule has 0 saturated heterocycles. The number of aliphatic hydroxyl groups is 1. The van der Waals surface area contributed by atoms with Crippen LogP contribution in [0.5, 0.6) is 11.6 Å². The van der Waals surface area contributed by atoms with Gasteiger partial charge in [0.2, 0.25) is 5.88 Å². The molecule has 166 valence electrons. The lowest BCUT2D eigenvalue weighted by atomic mass is 9.99. The summed E-state index contributed by atoms with van der Waals surface area (Å²) in [6.45, 7) is 3.89. The van der Waals surface area contributed by atoms with Crippen molar-refractivity contribution < 1.29 is 9.84 Å². The molecule has 0 aliphatic carbocycles. The number of nitrogens with zero attached hydrogens (tertiary/aromatic N) is 3. The van der Waals surface area contributed by atoms with Crippen molar-refractivity contribution in [2.24, 2.45) is 0 Å². The number of aliphatic hydroxyl groups excluding tert-OH is 1. The smallest absolute Gasteiger partial charge is 0.227 e. The second-order valence-corrected chi connectivity index (χ2v) is 9.91. The lowest BCUT2D eigenvalue weighted by Gasteiger charge is -2.24. The quantitative estimate of drug-likeness (QED) is 0.214. The molecule has 1 aliphatic heterocycles. The Bertz CT molecular complexity index is 1330. The maximum Gasteiger partial charge on any atom is 0.227 e. The molecule has 0 unspecified atom stereocenters. The van der Waals surface area contributed by atoms with Crippen molar-refractivity contribution in [1.29, 1.82) is 0 Å². The van der Waals surface area contributed by atoms with Gasteiger partial charge in [0.1, 0.15) is 5.03 Å².